The van der Waals surface area contributed by atoms with Gasteiger partial charge in [-0.05, 0) is 49.9 Å². The summed E-state index contributed by atoms with van der Waals surface area (Å²) in [5.74, 6) is 0.00123. The van der Waals surface area contributed by atoms with Gasteiger partial charge in [-0.3, -0.25) is 4.79 Å². The van der Waals surface area contributed by atoms with E-state index in [1.165, 1.54) is 4.31 Å². The molecule has 2 unspecified atom stereocenters. The van der Waals surface area contributed by atoms with E-state index in [0.29, 0.717) is 6.92 Å². The third-order valence-electron chi connectivity index (χ3n) is 6.91. The Bertz CT molecular complexity index is 1160. The largest absolute Gasteiger partial charge is 0.421 e. The maximum atomic E-state index is 13.3. The minimum Gasteiger partial charge on any atom is -0.376 e. The third kappa shape index (κ3) is 4.12. The lowest BCUT2D eigenvalue weighted by Gasteiger charge is -2.40. The van der Waals surface area contributed by atoms with Crippen molar-refractivity contribution in [3.63, 3.8) is 0 Å². The summed E-state index contributed by atoms with van der Waals surface area (Å²) in [5, 5.41) is 9.82. The minimum atomic E-state index is -4.90. The molecule has 2 aromatic carbocycles. The number of alkyl halides is 3. The Morgan fingerprint density at radius 2 is 1.62 bits per heavy atom. The van der Waals surface area contributed by atoms with E-state index in [-0.39, 0.29) is 30.4 Å². The van der Waals surface area contributed by atoms with E-state index in [0.717, 1.165) is 42.7 Å². The van der Waals surface area contributed by atoms with E-state index < -0.39 is 38.8 Å². The number of carbonyl (C=O) groups is 1. The van der Waals surface area contributed by atoms with Crippen LogP contribution >= 0.6 is 0 Å². The van der Waals surface area contributed by atoms with Crippen LogP contribution in [0.4, 0.5) is 13.2 Å². The Hall–Kier alpha value is -2.43. The van der Waals surface area contributed by atoms with Gasteiger partial charge in [0.15, 0.2) is 5.60 Å². The number of benzene rings is 2. The molecule has 1 amide bonds. The number of halogens is 3. The molecule has 1 aliphatic heterocycles. The maximum Gasteiger partial charge on any atom is 0.421 e. The number of carbonyl (C=O) groups excluding carboxylic acids is 1. The smallest absolute Gasteiger partial charge is 0.376 e. The van der Waals surface area contributed by atoms with Gasteiger partial charge in [-0.1, -0.05) is 42.5 Å². The van der Waals surface area contributed by atoms with Crippen molar-refractivity contribution in [3.05, 3.63) is 65.7 Å². The molecule has 1 heterocycles. The summed E-state index contributed by atoms with van der Waals surface area (Å²) < 4.78 is 66.9. The van der Waals surface area contributed by atoms with Gasteiger partial charge in [-0.2, -0.15) is 17.5 Å². The lowest BCUT2D eigenvalue weighted by molar-refractivity contribution is -0.258. The van der Waals surface area contributed by atoms with Crippen LogP contribution in [0.15, 0.2) is 59.5 Å². The molecule has 2 aliphatic rings. The van der Waals surface area contributed by atoms with Crippen LogP contribution in [0, 0.1) is 0 Å². The molecule has 2 fully saturated rings. The summed E-state index contributed by atoms with van der Waals surface area (Å²) in [6, 6.07) is 13.2. The standard InChI is InChI=1S/C24H27F3N2O4S/c1-17-16-28(21(30)23(12-13-23)19-6-4-3-5-7-19)14-15-29(17)34(32,33)20-10-8-18(9-11-20)22(2,31)24(25,26)27/h3-11,17,31H,12-16H2,1-2H3. The summed E-state index contributed by atoms with van der Waals surface area (Å²) in [4.78, 5) is 14.9. The van der Waals surface area contributed by atoms with Crippen molar-refractivity contribution in [2.24, 2.45) is 0 Å². The van der Waals surface area contributed by atoms with Gasteiger partial charge in [0, 0.05) is 25.7 Å². The van der Waals surface area contributed by atoms with Crippen molar-refractivity contribution in [2.45, 2.75) is 54.8 Å². The molecule has 6 nitrogen and oxygen atoms in total. The molecule has 2 aromatic rings. The molecule has 1 saturated carbocycles. The number of hydrogen-bond donors (Lipinski definition) is 1. The van der Waals surface area contributed by atoms with Crippen molar-refractivity contribution in [3.8, 4) is 0 Å². The number of rotatable bonds is 5. The van der Waals surface area contributed by atoms with Crippen molar-refractivity contribution >= 4 is 15.9 Å². The predicted molar refractivity (Wildman–Crippen MR) is 119 cm³/mol. The van der Waals surface area contributed by atoms with Gasteiger partial charge in [0.05, 0.1) is 10.3 Å². The number of hydrogen-bond acceptors (Lipinski definition) is 4. The predicted octanol–water partition coefficient (Wildman–Crippen LogP) is 3.41. The van der Waals surface area contributed by atoms with Gasteiger partial charge in [0.25, 0.3) is 0 Å². The summed E-state index contributed by atoms with van der Waals surface area (Å²) in [6.45, 7) is 2.88. The highest BCUT2D eigenvalue weighted by molar-refractivity contribution is 7.89. The zero-order chi connectivity index (χ0) is 24.9. The fraction of sp³-hybridized carbons (Fsp3) is 0.458. The lowest BCUT2D eigenvalue weighted by Crippen LogP contribution is -2.57. The first-order valence-corrected chi connectivity index (χ1v) is 12.5. The Kier molecular flexibility index (Phi) is 6.06. The van der Waals surface area contributed by atoms with Gasteiger partial charge < -0.3 is 10.0 Å². The quantitative estimate of drug-likeness (QED) is 0.688. The summed E-state index contributed by atoms with van der Waals surface area (Å²) >= 11 is 0. The van der Waals surface area contributed by atoms with E-state index in [1.807, 2.05) is 30.3 Å². The number of piperazine rings is 1. The van der Waals surface area contributed by atoms with Crippen molar-refractivity contribution < 1.29 is 31.5 Å². The molecular formula is C24H27F3N2O4S. The summed E-state index contributed by atoms with van der Waals surface area (Å²) in [5.41, 5.74) is -3.10. The van der Waals surface area contributed by atoms with Crippen LogP contribution in [-0.2, 0) is 25.8 Å². The van der Waals surface area contributed by atoms with Gasteiger partial charge in [0.2, 0.25) is 15.9 Å². The maximum absolute atomic E-state index is 13.3. The van der Waals surface area contributed by atoms with E-state index >= 15 is 0 Å². The topological polar surface area (TPSA) is 77.9 Å². The summed E-state index contributed by atoms with van der Waals surface area (Å²) in [7, 11) is -4.00. The fourth-order valence-electron chi connectivity index (χ4n) is 4.54. The molecule has 0 spiro atoms. The molecule has 1 saturated heterocycles. The number of sulfonamides is 1. The lowest BCUT2D eigenvalue weighted by atomic mass is 9.94. The molecule has 10 heteroatoms. The zero-order valence-corrected chi connectivity index (χ0v) is 19.7. The second-order valence-corrected chi connectivity index (χ2v) is 11.1. The fourth-order valence-corrected chi connectivity index (χ4v) is 6.16. The number of nitrogens with zero attached hydrogens (tertiary/aromatic N) is 2. The van der Waals surface area contributed by atoms with Crippen LogP contribution in [0.1, 0.15) is 37.8 Å². The van der Waals surface area contributed by atoms with E-state index in [2.05, 4.69) is 0 Å². The Morgan fingerprint density at radius 3 is 2.12 bits per heavy atom. The Balaban J connectivity index is 1.49. The van der Waals surface area contributed by atoms with Crippen molar-refractivity contribution in [1.82, 2.24) is 9.21 Å². The second-order valence-electron chi connectivity index (χ2n) is 9.26. The second kappa shape index (κ2) is 8.35. The first-order chi connectivity index (χ1) is 15.8. The first kappa shape index (κ1) is 24.7. The van der Waals surface area contributed by atoms with Gasteiger partial charge in [-0.15, -0.1) is 0 Å². The average Bonchev–Trinajstić information content (AvgIpc) is 3.60. The SMILES string of the molecule is CC1CN(C(=O)C2(c3ccccc3)CC2)CCN1S(=O)(=O)c1ccc(C(C)(O)C(F)(F)F)cc1. The van der Waals surface area contributed by atoms with Gasteiger partial charge in [0.1, 0.15) is 0 Å². The van der Waals surface area contributed by atoms with Gasteiger partial charge in [-0.25, -0.2) is 8.42 Å². The Morgan fingerprint density at radius 1 is 1.03 bits per heavy atom. The van der Waals surface area contributed by atoms with Crippen LogP contribution in [-0.4, -0.2) is 60.5 Å². The molecular weight excluding hydrogens is 469 g/mol. The molecule has 2 atom stereocenters. The molecule has 0 bridgehead atoms. The van der Waals surface area contributed by atoms with Crippen molar-refractivity contribution in [1.29, 1.82) is 0 Å². The highest BCUT2D eigenvalue weighted by atomic mass is 32.2. The molecule has 184 valence electrons. The average molecular weight is 497 g/mol. The Labute approximate surface area is 197 Å². The van der Waals surface area contributed by atoms with Crippen molar-refractivity contribution in [2.75, 3.05) is 19.6 Å². The first-order valence-electron chi connectivity index (χ1n) is 11.1. The monoisotopic (exact) mass is 496 g/mol. The molecule has 34 heavy (non-hydrogen) atoms. The molecule has 1 N–H and O–H groups in total. The van der Waals surface area contributed by atoms with Crippen LogP contribution in [0.25, 0.3) is 0 Å². The van der Waals surface area contributed by atoms with E-state index in [9.17, 15) is 31.5 Å². The van der Waals surface area contributed by atoms with E-state index in [1.54, 1.807) is 11.8 Å². The summed E-state index contributed by atoms with van der Waals surface area (Å²) in [6.07, 6.45) is -3.38. The number of aliphatic hydroxyl groups is 1. The molecule has 0 radical (unpaired) electrons. The van der Waals surface area contributed by atoms with Crippen LogP contribution in [0.5, 0.6) is 0 Å². The van der Waals surface area contributed by atoms with Crippen LogP contribution < -0.4 is 0 Å². The number of amides is 1. The van der Waals surface area contributed by atoms with E-state index in [4.69, 9.17) is 0 Å². The van der Waals surface area contributed by atoms with Gasteiger partial charge >= 0.3 is 6.18 Å². The minimum absolute atomic E-state index is 0.00123. The van der Waals surface area contributed by atoms with Crippen LogP contribution in [0.3, 0.4) is 0 Å². The zero-order valence-electron chi connectivity index (χ0n) is 18.9. The normalized spacial score (nSPS) is 22.8. The molecule has 0 aromatic heterocycles. The third-order valence-corrected chi connectivity index (χ3v) is 8.94. The highest BCUT2D eigenvalue weighted by Gasteiger charge is 2.54. The molecule has 1 aliphatic carbocycles. The van der Waals surface area contributed by atoms with Crippen LogP contribution in [0.2, 0.25) is 0 Å². The molecule has 4 rings (SSSR count). The highest BCUT2D eigenvalue weighted by Crippen LogP contribution is 2.49.